The van der Waals surface area contributed by atoms with Crippen molar-refractivity contribution in [1.82, 2.24) is 9.97 Å². The van der Waals surface area contributed by atoms with Crippen molar-refractivity contribution in [3.8, 4) is 5.88 Å². The van der Waals surface area contributed by atoms with Crippen molar-refractivity contribution in [2.45, 2.75) is 17.7 Å². The van der Waals surface area contributed by atoms with E-state index in [1.54, 1.807) is 24.3 Å². The molecule has 0 saturated carbocycles. The molecule has 0 unspecified atom stereocenters. The third-order valence-corrected chi connectivity index (χ3v) is 5.42. The first-order valence-corrected chi connectivity index (χ1v) is 10.3. The fourth-order valence-corrected chi connectivity index (χ4v) is 3.86. The second-order valence-electron chi connectivity index (χ2n) is 5.72. The number of hydrogen-bond acceptors (Lipinski definition) is 5. The van der Waals surface area contributed by atoms with Gasteiger partial charge in [-0.2, -0.15) is 13.2 Å². The topological polar surface area (TPSA) is 81.2 Å². The Morgan fingerprint density at radius 3 is 2.38 bits per heavy atom. The summed E-state index contributed by atoms with van der Waals surface area (Å²) in [5, 5.41) is 0. The van der Waals surface area contributed by atoms with Crippen LogP contribution in [0.2, 0.25) is 0 Å². The van der Waals surface area contributed by atoms with Gasteiger partial charge in [-0.05, 0) is 33.6 Å². The lowest BCUT2D eigenvalue weighted by molar-refractivity contribution is -0.139. The van der Waals surface area contributed by atoms with Crippen LogP contribution in [0.15, 0.2) is 70.3 Å². The zero-order valence-corrected chi connectivity index (χ0v) is 16.9. The molecule has 0 aliphatic carbocycles. The van der Waals surface area contributed by atoms with E-state index in [4.69, 9.17) is 4.74 Å². The molecule has 152 valence electrons. The lowest BCUT2D eigenvalue weighted by atomic mass is 10.2. The van der Waals surface area contributed by atoms with E-state index in [1.807, 2.05) is 10.8 Å². The van der Waals surface area contributed by atoms with Gasteiger partial charge in [0.05, 0.1) is 16.7 Å². The van der Waals surface area contributed by atoms with Crippen LogP contribution >= 0.6 is 15.9 Å². The Kier molecular flexibility index (Phi) is 6.08. The number of hydrogen-bond donors (Lipinski definition) is 1. The van der Waals surface area contributed by atoms with Gasteiger partial charge in [0.1, 0.15) is 11.2 Å². The molecule has 3 aromatic rings. The monoisotopic (exact) mass is 487 g/mol. The molecule has 29 heavy (non-hydrogen) atoms. The molecule has 1 aromatic heterocycles. The second-order valence-corrected chi connectivity index (χ2v) is 8.18. The molecule has 0 aliphatic heterocycles. The van der Waals surface area contributed by atoms with Crippen LogP contribution in [-0.4, -0.2) is 18.4 Å². The molecule has 1 N–H and O–H groups in total. The third kappa shape index (κ3) is 5.24. The first kappa shape index (κ1) is 21.1. The maximum atomic E-state index is 13.2. The molecule has 0 aliphatic rings. The van der Waals surface area contributed by atoms with Gasteiger partial charge in [0.25, 0.3) is 15.9 Å². The number of ether oxygens (including phenoxy) is 1. The van der Waals surface area contributed by atoms with Crippen molar-refractivity contribution in [2.24, 2.45) is 0 Å². The number of benzene rings is 2. The van der Waals surface area contributed by atoms with Crippen molar-refractivity contribution >= 4 is 31.8 Å². The van der Waals surface area contributed by atoms with E-state index in [1.165, 1.54) is 12.3 Å². The first-order valence-electron chi connectivity index (χ1n) is 8.05. The highest BCUT2D eigenvalue weighted by molar-refractivity contribution is 9.10. The molecular weight excluding hydrogens is 475 g/mol. The average molecular weight is 488 g/mol. The molecule has 0 atom stereocenters. The van der Waals surface area contributed by atoms with E-state index in [0.717, 1.165) is 17.7 Å². The minimum Gasteiger partial charge on any atom is -0.470 e. The summed E-state index contributed by atoms with van der Waals surface area (Å²) in [6.45, 7) is 0.0554. The number of aromatic nitrogens is 2. The number of alkyl halides is 3. The van der Waals surface area contributed by atoms with Crippen LogP contribution in [0.25, 0.3) is 0 Å². The molecule has 6 nitrogen and oxygen atoms in total. The fraction of sp³-hybridized carbons (Fsp3) is 0.111. The number of anilines is 1. The normalized spacial score (nSPS) is 11.9. The van der Waals surface area contributed by atoms with Crippen molar-refractivity contribution in [3.05, 3.63) is 76.5 Å². The van der Waals surface area contributed by atoms with E-state index < -0.39 is 26.7 Å². The smallest absolute Gasteiger partial charge is 0.417 e. The Labute approximate surface area is 173 Å². The van der Waals surface area contributed by atoms with Crippen molar-refractivity contribution < 1.29 is 26.3 Å². The first-order chi connectivity index (χ1) is 13.7. The molecule has 1 heterocycles. The van der Waals surface area contributed by atoms with Crippen LogP contribution < -0.4 is 9.46 Å². The zero-order chi connectivity index (χ0) is 21.1. The quantitative estimate of drug-likeness (QED) is 0.547. The predicted molar refractivity (Wildman–Crippen MR) is 103 cm³/mol. The summed E-state index contributed by atoms with van der Waals surface area (Å²) < 4.78 is 72.7. The summed E-state index contributed by atoms with van der Waals surface area (Å²) >= 11 is 3.11. The Morgan fingerprint density at radius 1 is 1.03 bits per heavy atom. The number of nitrogens with one attached hydrogen (secondary N) is 1. The standard InChI is InChI=1S/C18H13BrF3N3O3S/c19-15-10-23-16(17(24-15)28-11-12-6-2-1-3-7-12)25-29(26,27)14-9-5-4-8-13(14)18(20,21)22/h1-10H,11H2,(H,23,25). The highest BCUT2D eigenvalue weighted by Crippen LogP contribution is 2.35. The summed E-state index contributed by atoms with van der Waals surface area (Å²) in [6, 6.07) is 12.8. The SMILES string of the molecule is O=S(=O)(Nc1ncc(Br)nc1OCc1ccccc1)c1ccccc1C(F)(F)F. The molecule has 2 aromatic carbocycles. The molecular formula is C18H13BrF3N3O3S. The van der Waals surface area contributed by atoms with Gasteiger partial charge < -0.3 is 4.74 Å². The van der Waals surface area contributed by atoms with Gasteiger partial charge in [-0.25, -0.2) is 18.4 Å². The zero-order valence-electron chi connectivity index (χ0n) is 14.5. The average Bonchev–Trinajstić information content (AvgIpc) is 2.68. The van der Waals surface area contributed by atoms with Gasteiger partial charge in [0.15, 0.2) is 0 Å². The lowest BCUT2D eigenvalue weighted by Crippen LogP contribution is -2.20. The largest absolute Gasteiger partial charge is 0.470 e. The number of sulfonamides is 1. The number of nitrogens with zero attached hydrogens (tertiary/aromatic N) is 2. The maximum Gasteiger partial charge on any atom is 0.417 e. The highest BCUT2D eigenvalue weighted by atomic mass is 79.9. The van der Waals surface area contributed by atoms with Crippen molar-refractivity contribution in [2.75, 3.05) is 4.72 Å². The van der Waals surface area contributed by atoms with Gasteiger partial charge in [0.2, 0.25) is 5.82 Å². The lowest BCUT2D eigenvalue weighted by Gasteiger charge is -2.15. The van der Waals surface area contributed by atoms with Gasteiger partial charge >= 0.3 is 6.18 Å². The van der Waals surface area contributed by atoms with E-state index in [2.05, 4.69) is 25.9 Å². The molecule has 0 bridgehead atoms. The molecule has 0 fully saturated rings. The molecule has 0 saturated heterocycles. The summed E-state index contributed by atoms with van der Waals surface area (Å²) in [6.07, 6.45) is -3.65. The summed E-state index contributed by atoms with van der Waals surface area (Å²) in [4.78, 5) is 6.98. The van der Waals surface area contributed by atoms with Crippen molar-refractivity contribution in [1.29, 1.82) is 0 Å². The predicted octanol–water partition coefficient (Wildman–Crippen LogP) is 4.64. The van der Waals surface area contributed by atoms with Crippen molar-refractivity contribution in [3.63, 3.8) is 0 Å². The number of rotatable bonds is 6. The highest BCUT2D eigenvalue weighted by Gasteiger charge is 2.37. The Bertz CT molecular complexity index is 1110. The summed E-state index contributed by atoms with van der Waals surface area (Å²) in [7, 11) is -4.61. The number of halogens is 4. The molecule has 3 rings (SSSR count). The molecule has 0 radical (unpaired) electrons. The van der Waals surface area contributed by atoms with E-state index in [0.29, 0.717) is 6.07 Å². The molecule has 11 heteroatoms. The van der Waals surface area contributed by atoms with Gasteiger partial charge in [0, 0.05) is 0 Å². The van der Waals surface area contributed by atoms with Gasteiger partial charge in [-0.1, -0.05) is 42.5 Å². The second kappa shape index (κ2) is 8.37. The van der Waals surface area contributed by atoms with E-state index >= 15 is 0 Å². The summed E-state index contributed by atoms with van der Waals surface area (Å²) in [5.41, 5.74) is -0.505. The van der Waals surface area contributed by atoms with Crippen LogP contribution in [0.1, 0.15) is 11.1 Å². The Morgan fingerprint density at radius 2 is 1.69 bits per heavy atom. The maximum absolute atomic E-state index is 13.2. The summed E-state index contributed by atoms with van der Waals surface area (Å²) in [5.74, 6) is -0.516. The Hall–Kier alpha value is -2.66. The van der Waals surface area contributed by atoms with E-state index in [-0.39, 0.29) is 22.9 Å². The van der Waals surface area contributed by atoms with Crippen LogP contribution in [-0.2, 0) is 22.8 Å². The van der Waals surface area contributed by atoms with Crippen LogP contribution in [0.3, 0.4) is 0 Å². The Balaban J connectivity index is 1.92. The molecule has 0 spiro atoms. The van der Waals surface area contributed by atoms with Gasteiger partial charge in [-0.15, -0.1) is 0 Å². The fourth-order valence-electron chi connectivity index (χ4n) is 2.37. The van der Waals surface area contributed by atoms with Gasteiger partial charge in [-0.3, -0.25) is 4.72 Å². The van der Waals surface area contributed by atoms with Crippen LogP contribution in [0.5, 0.6) is 5.88 Å². The molecule has 0 amide bonds. The van der Waals surface area contributed by atoms with Crippen LogP contribution in [0, 0.1) is 0 Å². The van der Waals surface area contributed by atoms with E-state index in [9.17, 15) is 21.6 Å². The third-order valence-electron chi connectivity index (χ3n) is 3.64. The minimum absolute atomic E-state index is 0.0554. The minimum atomic E-state index is -4.84. The van der Waals surface area contributed by atoms with Crippen LogP contribution in [0.4, 0.5) is 19.0 Å².